The first-order valence-corrected chi connectivity index (χ1v) is 8.41. The average Bonchev–Trinajstić information content (AvgIpc) is 2.90. The van der Waals surface area contributed by atoms with E-state index in [-0.39, 0.29) is 0 Å². The monoisotopic (exact) mass is 280 g/mol. The Balaban J connectivity index is 1.52. The number of likely N-dealkylation sites (tertiary alicyclic amines) is 1. The van der Waals surface area contributed by atoms with E-state index in [0.29, 0.717) is 5.41 Å². The lowest BCUT2D eigenvalue weighted by Crippen LogP contribution is -2.42. The third kappa shape index (κ3) is 3.18. The molecule has 0 atom stereocenters. The summed E-state index contributed by atoms with van der Waals surface area (Å²) in [5.41, 5.74) is 1.87. The van der Waals surface area contributed by atoms with Crippen LogP contribution in [0.4, 0.5) is 0 Å². The van der Waals surface area contributed by atoms with Crippen LogP contribution in [0.1, 0.15) is 43.3 Å². The van der Waals surface area contributed by atoms with E-state index in [0.717, 1.165) is 26.2 Å². The zero-order valence-electron chi connectivity index (χ0n) is 11.9. The van der Waals surface area contributed by atoms with Gasteiger partial charge >= 0.3 is 0 Å². The molecule has 1 aromatic heterocycles. The first kappa shape index (κ1) is 13.5. The maximum Gasteiger partial charge on any atom is 0.0926 e. The lowest BCUT2D eigenvalue weighted by atomic mass is 9.72. The van der Waals surface area contributed by atoms with Crippen molar-refractivity contribution in [1.82, 2.24) is 9.88 Å². The third-order valence-electron chi connectivity index (χ3n) is 4.76. The van der Waals surface area contributed by atoms with Gasteiger partial charge in [-0.05, 0) is 50.6 Å². The number of hydrogen-bond acceptors (Lipinski definition) is 4. The van der Waals surface area contributed by atoms with Crippen molar-refractivity contribution in [2.75, 3.05) is 26.3 Å². The van der Waals surface area contributed by atoms with E-state index in [2.05, 4.69) is 22.2 Å². The molecule has 0 unspecified atom stereocenters. The zero-order valence-corrected chi connectivity index (χ0v) is 12.7. The molecular formula is C15H24N2OS. The highest BCUT2D eigenvalue weighted by Crippen LogP contribution is 2.40. The van der Waals surface area contributed by atoms with Gasteiger partial charge in [-0.1, -0.05) is 6.92 Å². The van der Waals surface area contributed by atoms with Gasteiger partial charge in [0.15, 0.2) is 0 Å². The predicted molar refractivity (Wildman–Crippen MR) is 78.5 cm³/mol. The van der Waals surface area contributed by atoms with Crippen LogP contribution in [0.3, 0.4) is 0 Å². The van der Waals surface area contributed by atoms with Crippen LogP contribution in [0.5, 0.6) is 0 Å². The second-order valence-corrected chi connectivity index (χ2v) is 6.92. The molecular weight excluding hydrogens is 256 g/mol. The molecule has 2 aliphatic rings. The number of aromatic nitrogens is 1. The fourth-order valence-corrected chi connectivity index (χ4v) is 4.04. The Kier molecular flexibility index (Phi) is 4.20. The summed E-state index contributed by atoms with van der Waals surface area (Å²) in [5.74, 6) is 0. The Morgan fingerprint density at radius 1 is 1.26 bits per heavy atom. The van der Waals surface area contributed by atoms with E-state index in [1.54, 1.807) is 11.3 Å². The van der Waals surface area contributed by atoms with Crippen LogP contribution in [0.2, 0.25) is 0 Å². The molecule has 2 aliphatic heterocycles. The highest BCUT2D eigenvalue weighted by atomic mass is 32.1. The smallest absolute Gasteiger partial charge is 0.0926 e. The summed E-state index contributed by atoms with van der Waals surface area (Å²) >= 11 is 1.81. The fraction of sp³-hybridized carbons (Fsp3) is 0.800. The molecule has 0 aliphatic carbocycles. The summed E-state index contributed by atoms with van der Waals surface area (Å²) in [5, 5.41) is 3.50. The standard InChI is InChI=1S/C15H24N2OS/c1-2-14-16-13(12-19-14)11-17-7-3-15(4-8-17)5-9-18-10-6-15/h12H,2-11H2,1H3. The van der Waals surface area contributed by atoms with E-state index in [4.69, 9.17) is 4.74 Å². The van der Waals surface area contributed by atoms with Gasteiger partial charge in [-0.15, -0.1) is 11.3 Å². The number of thiazole rings is 1. The molecule has 0 N–H and O–H groups in total. The van der Waals surface area contributed by atoms with E-state index in [9.17, 15) is 0 Å². The minimum Gasteiger partial charge on any atom is -0.381 e. The van der Waals surface area contributed by atoms with Crippen molar-refractivity contribution >= 4 is 11.3 Å². The van der Waals surface area contributed by atoms with Crippen LogP contribution in [-0.4, -0.2) is 36.2 Å². The van der Waals surface area contributed by atoms with Gasteiger partial charge in [-0.3, -0.25) is 4.90 Å². The van der Waals surface area contributed by atoms with Crippen molar-refractivity contribution in [2.45, 2.75) is 45.6 Å². The molecule has 4 heteroatoms. The van der Waals surface area contributed by atoms with Crippen molar-refractivity contribution < 1.29 is 4.74 Å². The van der Waals surface area contributed by atoms with Crippen molar-refractivity contribution in [3.63, 3.8) is 0 Å². The van der Waals surface area contributed by atoms with Gasteiger partial charge < -0.3 is 4.74 Å². The lowest BCUT2D eigenvalue weighted by molar-refractivity contribution is -0.0219. The molecule has 0 aromatic carbocycles. The van der Waals surface area contributed by atoms with Crippen LogP contribution in [0, 0.1) is 5.41 Å². The Morgan fingerprint density at radius 2 is 2.00 bits per heavy atom. The Hall–Kier alpha value is -0.450. The number of aryl methyl sites for hydroxylation is 1. The van der Waals surface area contributed by atoms with Gasteiger partial charge in [0.2, 0.25) is 0 Å². The maximum atomic E-state index is 5.51. The normalized spacial score (nSPS) is 23.8. The quantitative estimate of drug-likeness (QED) is 0.850. The minimum absolute atomic E-state index is 0.603. The van der Waals surface area contributed by atoms with Gasteiger partial charge in [0.05, 0.1) is 10.7 Å². The molecule has 2 fully saturated rings. The molecule has 1 spiro atoms. The van der Waals surface area contributed by atoms with Gasteiger partial charge in [-0.2, -0.15) is 0 Å². The lowest BCUT2D eigenvalue weighted by Gasteiger charge is -2.44. The Labute approximate surface area is 120 Å². The van der Waals surface area contributed by atoms with Crippen LogP contribution < -0.4 is 0 Å². The summed E-state index contributed by atoms with van der Waals surface area (Å²) in [6.07, 6.45) is 6.31. The first-order chi connectivity index (χ1) is 9.30. The number of piperidine rings is 1. The van der Waals surface area contributed by atoms with Crippen molar-refractivity contribution in [2.24, 2.45) is 5.41 Å². The van der Waals surface area contributed by atoms with Gasteiger partial charge in [0.1, 0.15) is 0 Å². The topological polar surface area (TPSA) is 25.4 Å². The highest BCUT2D eigenvalue weighted by Gasteiger charge is 2.35. The molecule has 0 amide bonds. The molecule has 0 saturated carbocycles. The van der Waals surface area contributed by atoms with Crippen molar-refractivity contribution in [3.8, 4) is 0 Å². The Morgan fingerprint density at radius 3 is 2.63 bits per heavy atom. The Bertz CT molecular complexity index is 402. The average molecular weight is 280 g/mol. The molecule has 1 aromatic rings. The second-order valence-electron chi connectivity index (χ2n) is 5.97. The summed E-state index contributed by atoms with van der Waals surface area (Å²) in [6, 6.07) is 0. The van der Waals surface area contributed by atoms with Gasteiger partial charge in [0, 0.05) is 25.1 Å². The van der Waals surface area contributed by atoms with Crippen LogP contribution in [0.15, 0.2) is 5.38 Å². The van der Waals surface area contributed by atoms with E-state index in [1.807, 2.05) is 0 Å². The summed E-state index contributed by atoms with van der Waals surface area (Å²) in [6.45, 7) is 7.65. The number of nitrogens with zero attached hydrogens (tertiary/aromatic N) is 2. The molecule has 3 nitrogen and oxygen atoms in total. The summed E-state index contributed by atoms with van der Waals surface area (Å²) in [7, 11) is 0. The van der Waals surface area contributed by atoms with Crippen molar-refractivity contribution in [3.05, 3.63) is 16.1 Å². The van der Waals surface area contributed by atoms with E-state index in [1.165, 1.54) is 49.5 Å². The van der Waals surface area contributed by atoms with Gasteiger partial charge in [-0.25, -0.2) is 4.98 Å². The molecule has 19 heavy (non-hydrogen) atoms. The number of hydrogen-bond donors (Lipinski definition) is 0. The van der Waals surface area contributed by atoms with E-state index < -0.39 is 0 Å². The first-order valence-electron chi connectivity index (χ1n) is 7.53. The third-order valence-corrected chi connectivity index (χ3v) is 5.80. The minimum atomic E-state index is 0.603. The van der Waals surface area contributed by atoms with Crippen LogP contribution in [0.25, 0.3) is 0 Å². The summed E-state index contributed by atoms with van der Waals surface area (Å²) in [4.78, 5) is 7.26. The fourth-order valence-electron chi connectivity index (χ4n) is 3.30. The zero-order chi connectivity index (χ0) is 13.1. The molecule has 2 saturated heterocycles. The number of ether oxygens (including phenoxy) is 1. The maximum absolute atomic E-state index is 5.51. The summed E-state index contributed by atoms with van der Waals surface area (Å²) < 4.78 is 5.51. The van der Waals surface area contributed by atoms with E-state index >= 15 is 0 Å². The van der Waals surface area contributed by atoms with Crippen LogP contribution in [-0.2, 0) is 17.7 Å². The molecule has 106 valence electrons. The van der Waals surface area contributed by atoms with Crippen molar-refractivity contribution in [1.29, 1.82) is 0 Å². The molecule has 3 heterocycles. The molecule has 0 radical (unpaired) electrons. The number of rotatable bonds is 3. The SMILES string of the molecule is CCc1nc(CN2CCC3(CCOCC3)CC2)cs1. The predicted octanol–water partition coefficient (Wildman–Crippen LogP) is 3.10. The molecule has 3 rings (SSSR count). The molecule has 0 bridgehead atoms. The van der Waals surface area contributed by atoms with Crippen LogP contribution >= 0.6 is 11.3 Å². The second kappa shape index (κ2) is 5.90. The van der Waals surface area contributed by atoms with Gasteiger partial charge in [0.25, 0.3) is 0 Å². The highest BCUT2D eigenvalue weighted by molar-refractivity contribution is 7.09. The largest absolute Gasteiger partial charge is 0.381 e.